The van der Waals surface area contributed by atoms with Gasteiger partial charge in [0.15, 0.2) is 0 Å². The highest BCUT2D eigenvalue weighted by molar-refractivity contribution is 5.36. The van der Waals surface area contributed by atoms with E-state index in [0.717, 1.165) is 12.1 Å². The fourth-order valence-electron chi connectivity index (χ4n) is 1.71. The summed E-state index contributed by atoms with van der Waals surface area (Å²) in [7, 11) is 0. The topological polar surface area (TPSA) is 26.0 Å². The van der Waals surface area contributed by atoms with Gasteiger partial charge in [-0.1, -0.05) is 0 Å². The van der Waals surface area contributed by atoms with Gasteiger partial charge in [0.1, 0.15) is 11.6 Å². The van der Waals surface area contributed by atoms with E-state index in [0.29, 0.717) is 24.0 Å². The molecule has 0 aliphatic heterocycles. The van der Waals surface area contributed by atoms with E-state index in [1.54, 1.807) is 0 Å². The van der Waals surface area contributed by atoms with Gasteiger partial charge >= 0.3 is 0 Å². The second kappa shape index (κ2) is 2.52. The minimum atomic E-state index is -0.378. The van der Waals surface area contributed by atoms with Gasteiger partial charge in [-0.3, -0.25) is 0 Å². The molecule has 0 amide bonds. The van der Waals surface area contributed by atoms with Crippen LogP contribution in [0.1, 0.15) is 23.6 Å². The van der Waals surface area contributed by atoms with Crippen molar-refractivity contribution >= 4 is 0 Å². The molecule has 0 saturated carbocycles. The second-order valence-corrected chi connectivity index (χ2v) is 3.07. The molecule has 0 saturated heterocycles. The maximum Gasteiger partial charge on any atom is 0.128 e. The molecule has 64 valence electrons. The van der Waals surface area contributed by atoms with Crippen molar-refractivity contribution in [3.8, 4) is 0 Å². The quantitative estimate of drug-likeness (QED) is 0.630. The molecular weight excluding hydrogens is 160 g/mol. The number of nitrogens with two attached hydrogens (primary N) is 1. The molecule has 0 spiro atoms. The van der Waals surface area contributed by atoms with Crippen LogP contribution in [-0.4, -0.2) is 0 Å². The Morgan fingerprint density at radius 1 is 1.25 bits per heavy atom. The van der Waals surface area contributed by atoms with Crippen molar-refractivity contribution in [3.63, 3.8) is 0 Å². The Morgan fingerprint density at radius 3 is 2.58 bits per heavy atom. The van der Waals surface area contributed by atoms with E-state index < -0.39 is 0 Å². The lowest BCUT2D eigenvalue weighted by Crippen LogP contribution is -2.07. The van der Waals surface area contributed by atoms with Crippen LogP contribution in [0.25, 0.3) is 0 Å². The number of hydrogen-bond donors (Lipinski definition) is 1. The van der Waals surface area contributed by atoms with Crippen molar-refractivity contribution in [2.45, 2.75) is 18.9 Å². The third-order valence-electron chi connectivity index (χ3n) is 2.32. The Hall–Kier alpha value is -0.960. The molecule has 1 aliphatic carbocycles. The summed E-state index contributed by atoms with van der Waals surface area (Å²) in [5.41, 5.74) is 6.44. The SMILES string of the molecule is N[C@H]1CCc2c(F)ccc(F)c21. The molecule has 2 N–H and O–H groups in total. The minimum absolute atomic E-state index is 0.323. The molecule has 3 heteroatoms. The van der Waals surface area contributed by atoms with E-state index in [2.05, 4.69) is 0 Å². The lowest BCUT2D eigenvalue weighted by Gasteiger charge is -2.05. The second-order valence-electron chi connectivity index (χ2n) is 3.07. The van der Waals surface area contributed by atoms with E-state index in [-0.39, 0.29) is 17.7 Å². The molecule has 12 heavy (non-hydrogen) atoms. The summed E-state index contributed by atoms with van der Waals surface area (Å²) < 4.78 is 26.1. The average Bonchev–Trinajstić information content (AvgIpc) is 2.42. The fraction of sp³-hybridized carbons (Fsp3) is 0.333. The Balaban J connectivity index is 2.64. The molecule has 2 rings (SSSR count). The Kier molecular flexibility index (Phi) is 1.61. The first-order chi connectivity index (χ1) is 5.70. The van der Waals surface area contributed by atoms with Crippen molar-refractivity contribution in [3.05, 3.63) is 34.9 Å². The fourth-order valence-corrected chi connectivity index (χ4v) is 1.71. The molecule has 0 fully saturated rings. The molecule has 1 aromatic rings. The van der Waals surface area contributed by atoms with Gasteiger partial charge in [-0.25, -0.2) is 8.78 Å². The monoisotopic (exact) mass is 169 g/mol. The Bertz CT molecular complexity index is 323. The molecular formula is C9H9F2N. The Labute approximate surface area is 69.2 Å². The first-order valence-electron chi connectivity index (χ1n) is 3.92. The van der Waals surface area contributed by atoms with Crippen LogP contribution in [0.3, 0.4) is 0 Å². The van der Waals surface area contributed by atoms with Crippen molar-refractivity contribution in [2.75, 3.05) is 0 Å². The summed E-state index contributed by atoms with van der Waals surface area (Å²) in [6.45, 7) is 0. The van der Waals surface area contributed by atoms with Gasteiger partial charge in [-0.15, -0.1) is 0 Å². The van der Waals surface area contributed by atoms with Crippen LogP contribution >= 0.6 is 0 Å². The molecule has 0 unspecified atom stereocenters. The zero-order valence-corrected chi connectivity index (χ0v) is 6.48. The molecule has 0 bridgehead atoms. The van der Waals surface area contributed by atoms with Crippen LogP contribution in [-0.2, 0) is 6.42 Å². The van der Waals surface area contributed by atoms with Gasteiger partial charge < -0.3 is 5.73 Å². The van der Waals surface area contributed by atoms with Crippen LogP contribution in [0.2, 0.25) is 0 Å². The molecule has 1 nitrogen and oxygen atoms in total. The van der Waals surface area contributed by atoms with Crippen molar-refractivity contribution < 1.29 is 8.78 Å². The number of benzene rings is 1. The van der Waals surface area contributed by atoms with Crippen LogP contribution in [0.5, 0.6) is 0 Å². The number of rotatable bonds is 0. The molecule has 0 heterocycles. The summed E-state index contributed by atoms with van der Waals surface area (Å²) in [5, 5.41) is 0. The van der Waals surface area contributed by atoms with Crippen molar-refractivity contribution in [1.29, 1.82) is 0 Å². The van der Waals surface area contributed by atoms with Gasteiger partial charge in [0.05, 0.1) is 0 Å². The average molecular weight is 169 g/mol. The summed E-state index contributed by atoms with van der Waals surface area (Å²) in [6, 6.07) is 1.97. The van der Waals surface area contributed by atoms with Gasteiger partial charge in [0.2, 0.25) is 0 Å². The van der Waals surface area contributed by atoms with E-state index in [9.17, 15) is 8.78 Å². The van der Waals surface area contributed by atoms with Crippen LogP contribution in [0.4, 0.5) is 8.78 Å². The number of fused-ring (bicyclic) bond motifs is 1. The highest BCUT2D eigenvalue weighted by Crippen LogP contribution is 2.32. The maximum absolute atomic E-state index is 13.1. The Morgan fingerprint density at radius 2 is 1.92 bits per heavy atom. The summed E-state index contributed by atoms with van der Waals surface area (Å²) in [5.74, 6) is -0.712. The van der Waals surface area contributed by atoms with E-state index in [1.165, 1.54) is 0 Å². The molecule has 1 aromatic carbocycles. The van der Waals surface area contributed by atoms with Gasteiger partial charge in [-0.05, 0) is 30.5 Å². The lowest BCUT2D eigenvalue weighted by molar-refractivity contribution is 0.574. The van der Waals surface area contributed by atoms with E-state index in [4.69, 9.17) is 5.73 Å². The maximum atomic E-state index is 13.1. The van der Waals surface area contributed by atoms with Crippen LogP contribution < -0.4 is 5.73 Å². The van der Waals surface area contributed by atoms with E-state index in [1.807, 2.05) is 0 Å². The zero-order chi connectivity index (χ0) is 8.72. The first-order valence-corrected chi connectivity index (χ1v) is 3.92. The first kappa shape index (κ1) is 7.68. The molecule has 1 atom stereocenters. The van der Waals surface area contributed by atoms with Crippen LogP contribution in [0, 0.1) is 11.6 Å². The van der Waals surface area contributed by atoms with Gasteiger partial charge in [0, 0.05) is 11.6 Å². The number of halogens is 2. The third kappa shape index (κ3) is 0.932. The smallest absolute Gasteiger partial charge is 0.128 e. The van der Waals surface area contributed by atoms with E-state index >= 15 is 0 Å². The largest absolute Gasteiger partial charge is 0.324 e. The normalized spacial score (nSPS) is 21.1. The summed E-state index contributed by atoms with van der Waals surface area (Å²) in [4.78, 5) is 0. The minimum Gasteiger partial charge on any atom is -0.324 e. The highest BCUT2D eigenvalue weighted by Gasteiger charge is 2.25. The van der Waals surface area contributed by atoms with Crippen LogP contribution in [0.15, 0.2) is 12.1 Å². The number of hydrogen-bond acceptors (Lipinski definition) is 1. The predicted octanol–water partition coefficient (Wildman–Crippen LogP) is 1.91. The third-order valence-corrected chi connectivity index (χ3v) is 2.32. The zero-order valence-electron chi connectivity index (χ0n) is 6.48. The lowest BCUT2D eigenvalue weighted by atomic mass is 10.1. The van der Waals surface area contributed by atoms with Crippen molar-refractivity contribution in [1.82, 2.24) is 0 Å². The standard InChI is InChI=1S/C9H9F2N/c10-6-2-3-7(11)9-5(6)1-4-8(9)12/h2-3,8H,1,4,12H2/t8-/m0/s1. The molecule has 0 aromatic heterocycles. The van der Waals surface area contributed by atoms with Crippen molar-refractivity contribution in [2.24, 2.45) is 5.73 Å². The predicted molar refractivity (Wildman–Crippen MR) is 41.6 cm³/mol. The highest BCUT2D eigenvalue weighted by atomic mass is 19.1. The molecule has 1 aliphatic rings. The van der Waals surface area contributed by atoms with Gasteiger partial charge in [0.25, 0.3) is 0 Å². The molecule has 0 radical (unpaired) electrons. The van der Waals surface area contributed by atoms with Gasteiger partial charge in [-0.2, -0.15) is 0 Å². The summed E-state index contributed by atoms with van der Waals surface area (Å²) >= 11 is 0. The summed E-state index contributed by atoms with van der Waals surface area (Å²) in [6.07, 6.45) is 1.20.